The van der Waals surface area contributed by atoms with Crippen molar-refractivity contribution in [2.45, 2.75) is 369 Å². The number of amides is 1. The van der Waals surface area contributed by atoms with Gasteiger partial charge in [0.15, 0.2) is 18.9 Å². The summed E-state index contributed by atoms with van der Waals surface area (Å²) < 4.78 is 34.5. The zero-order valence-electron chi connectivity index (χ0n) is 61.4. The van der Waals surface area contributed by atoms with Crippen LogP contribution in [-0.2, 0) is 33.2 Å². The summed E-state index contributed by atoms with van der Waals surface area (Å²) in [5, 5.41) is 121. The molecular weight excluding hydrogens is 1270 g/mol. The fourth-order valence-electron chi connectivity index (χ4n) is 12.6. The van der Waals surface area contributed by atoms with Crippen LogP contribution in [-0.4, -0.2) is 193 Å². The van der Waals surface area contributed by atoms with Crippen LogP contribution in [0.1, 0.15) is 264 Å². The molecule has 19 nitrogen and oxygen atoms in total. The smallest absolute Gasteiger partial charge is 0.220 e. The molecular formula is C81H139NO18. The average Bonchev–Trinajstić information content (AvgIpc) is 0.783. The molecule has 0 aliphatic carbocycles. The first kappa shape index (κ1) is 90.7. The Morgan fingerprint density at radius 3 is 1.07 bits per heavy atom. The molecule has 17 atom stereocenters. The van der Waals surface area contributed by atoms with Gasteiger partial charge in [-0.15, -0.1) is 0 Å². The topological polar surface area (TPSA) is 307 Å². The third kappa shape index (κ3) is 40.6. The molecule has 0 aromatic carbocycles. The molecule has 0 radical (unpaired) electrons. The van der Waals surface area contributed by atoms with Crippen molar-refractivity contribution >= 4 is 5.91 Å². The van der Waals surface area contributed by atoms with E-state index in [9.17, 15) is 61.0 Å². The van der Waals surface area contributed by atoms with E-state index in [1.54, 1.807) is 0 Å². The normalized spacial score (nSPS) is 27.1. The van der Waals surface area contributed by atoms with Crippen molar-refractivity contribution in [1.82, 2.24) is 5.32 Å². The molecule has 0 aromatic heterocycles. The van der Waals surface area contributed by atoms with E-state index in [1.165, 1.54) is 128 Å². The van der Waals surface area contributed by atoms with Crippen LogP contribution in [0, 0.1) is 0 Å². The second kappa shape index (κ2) is 60.7. The average molecular weight is 1410 g/mol. The maximum absolute atomic E-state index is 13.5. The molecule has 100 heavy (non-hydrogen) atoms. The monoisotopic (exact) mass is 1410 g/mol. The van der Waals surface area contributed by atoms with Crippen LogP contribution in [0.25, 0.3) is 0 Å². The highest BCUT2D eigenvalue weighted by molar-refractivity contribution is 5.76. The van der Waals surface area contributed by atoms with Crippen LogP contribution in [0.15, 0.2) is 109 Å². The van der Waals surface area contributed by atoms with Gasteiger partial charge in [0, 0.05) is 6.42 Å². The molecule has 0 spiro atoms. The van der Waals surface area contributed by atoms with Crippen LogP contribution in [0.3, 0.4) is 0 Å². The molecule has 3 rings (SSSR count). The predicted octanol–water partition coefficient (Wildman–Crippen LogP) is 12.6. The van der Waals surface area contributed by atoms with Gasteiger partial charge in [-0.25, -0.2) is 0 Å². The highest BCUT2D eigenvalue weighted by Gasteiger charge is 2.54. The molecule has 17 unspecified atom stereocenters. The summed E-state index contributed by atoms with van der Waals surface area (Å²) in [4.78, 5) is 13.5. The molecule has 19 heteroatoms. The van der Waals surface area contributed by atoms with E-state index in [-0.39, 0.29) is 18.9 Å². The molecule has 3 saturated heterocycles. The molecule has 0 saturated carbocycles. The van der Waals surface area contributed by atoms with Gasteiger partial charge in [-0.05, 0) is 83.5 Å². The second-order valence-electron chi connectivity index (χ2n) is 27.4. The summed E-state index contributed by atoms with van der Waals surface area (Å²) in [7, 11) is 0. The molecule has 3 heterocycles. The standard InChI is InChI=1S/C81H139NO18/c1-3-5-7-9-11-13-15-17-19-21-23-25-27-29-30-31-32-33-34-35-37-39-41-43-45-47-49-51-53-55-57-59-69(87)82-64(65(86)58-56-54-52-50-48-46-44-42-40-38-36-28-26-24-22-20-18-16-14-12-10-8-6-4-2)63-95-79-75(93)72(90)77(67(61-84)97-79)100-81-76(94)73(91)78(68(62-85)98-81)99-80-74(92)71(89)70(88)66(60-83)96-80/h5,7,11,13,17,19,23,25,29-30,32-33,35,37,41,43,47,49,64-68,70-81,83-86,88-94H,3-4,6,8-10,12,14-16,18,20-22,24,26-28,31,34,36,38-40,42,44-46,48,50-63H2,1-2H3,(H,82,87)/b7-5-,13-11-,19-17-,25-23-,30-29-,33-32-,37-35-,43-41-,49-47-. The van der Waals surface area contributed by atoms with E-state index in [2.05, 4.69) is 129 Å². The maximum atomic E-state index is 13.5. The minimum atomic E-state index is -1.98. The summed E-state index contributed by atoms with van der Waals surface area (Å²) in [5.41, 5.74) is 0. The summed E-state index contributed by atoms with van der Waals surface area (Å²) in [6.45, 7) is 1.68. The van der Waals surface area contributed by atoms with Gasteiger partial charge in [-0.3, -0.25) is 4.79 Å². The van der Waals surface area contributed by atoms with E-state index in [4.69, 9.17) is 28.4 Å². The molecule has 1 amide bonds. The van der Waals surface area contributed by atoms with E-state index in [0.29, 0.717) is 19.3 Å². The summed E-state index contributed by atoms with van der Waals surface area (Å²) >= 11 is 0. The van der Waals surface area contributed by atoms with Crippen molar-refractivity contribution in [3.8, 4) is 0 Å². The predicted molar refractivity (Wildman–Crippen MR) is 397 cm³/mol. The zero-order valence-corrected chi connectivity index (χ0v) is 61.4. The molecule has 576 valence electrons. The van der Waals surface area contributed by atoms with E-state index >= 15 is 0 Å². The lowest BCUT2D eigenvalue weighted by Gasteiger charge is -2.48. The van der Waals surface area contributed by atoms with Gasteiger partial charge in [0.1, 0.15) is 73.2 Å². The Kier molecular flexibility index (Phi) is 55.0. The summed E-state index contributed by atoms with van der Waals surface area (Å²) in [5.74, 6) is -0.276. The second-order valence-corrected chi connectivity index (χ2v) is 27.4. The van der Waals surface area contributed by atoms with Crippen LogP contribution < -0.4 is 5.32 Å². The first-order chi connectivity index (χ1) is 48.8. The van der Waals surface area contributed by atoms with Crippen LogP contribution in [0.5, 0.6) is 0 Å². The summed E-state index contributed by atoms with van der Waals surface area (Å²) in [6, 6.07) is -0.915. The largest absolute Gasteiger partial charge is 0.394 e. The fraction of sp³-hybridized carbons (Fsp3) is 0.765. The number of carbonyl (C=O) groups is 1. The Bertz CT molecular complexity index is 2230. The number of aliphatic hydroxyl groups is 11. The van der Waals surface area contributed by atoms with E-state index < -0.39 is 124 Å². The first-order valence-corrected chi connectivity index (χ1v) is 39.1. The lowest BCUT2D eigenvalue weighted by atomic mass is 9.96. The van der Waals surface area contributed by atoms with Gasteiger partial charge in [-0.2, -0.15) is 0 Å². The first-order valence-electron chi connectivity index (χ1n) is 39.1. The minimum Gasteiger partial charge on any atom is -0.394 e. The number of ether oxygens (including phenoxy) is 6. The van der Waals surface area contributed by atoms with Gasteiger partial charge in [-0.1, -0.05) is 284 Å². The Morgan fingerprint density at radius 1 is 0.370 bits per heavy atom. The Labute approximate surface area is 602 Å². The van der Waals surface area contributed by atoms with Crippen molar-refractivity contribution in [3.63, 3.8) is 0 Å². The highest BCUT2D eigenvalue weighted by atomic mass is 16.8. The van der Waals surface area contributed by atoms with Crippen molar-refractivity contribution in [2.75, 3.05) is 26.4 Å². The highest BCUT2D eigenvalue weighted by Crippen LogP contribution is 2.33. The number of aliphatic hydroxyl groups excluding tert-OH is 11. The number of hydrogen-bond donors (Lipinski definition) is 12. The van der Waals surface area contributed by atoms with Crippen LogP contribution in [0.4, 0.5) is 0 Å². The van der Waals surface area contributed by atoms with Gasteiger partial charge < -0.3 is 89.9 Å². The van der Waals surface area contributed by atoms with Gasteiger partial charge in [0.25, 0.3) is 0 Å². The minimum absolute atomic E-state index is 0.219. The SMILES string of the molecule is CC/C=C\C/C=C\C/C=C\C/C=C\C/C=C\C/C=C\C/C=C\C/C=C\C/C=C\CCCCCC(=O)NC(COC1OC(CO)C(OC2OC(CO)C(OC3OC(CO)C(O)C(O)C3O)C(O)C2O)C(O)C1O)C(O)CCCCCCCCCCCCCCCCCCCCCCCCCC. The number of allylic oxidation sites excluding steroid dienone is 18. The van der Waals surface area contributed by atoms with Gasteiger partial charge in [0.05, 0.1) is 38.6 Å². The van der Waals surface area contributed by atoms with Crippen LogP contribution in [0.2, 0.25) is 0 Å². The quantitative estimate of drug-likeness (QED) is 0.0199. The van der Waals surface area contributed by atoms with Crippen LogP contribution >= 0.6 is 0 Å². The molecule has 3 aliphatic heterocycles. The zero-order chi connectivity index (χ0) is 72.5. The molecule has 0 bridgehead atoms. The third-order valence-corrected chi connectivity index (χ3v) is 18.9. The Hall–Kier alpha value is -3.55. The lowest BCUT2D eigenvalue weighted by Crippen LogP contribution is -2.66. The van der Waals surface area contributed by atoms with Crippen molar-refractivity contribution < 1.29 is 89.4 Å². The number of carbonyl (C=O) groups excluding carboxylic acids is 1. The molecule has 0 aromatic rings. The number of hydrogen-bond acceptors (Lipinski definition) is 18. The summed E-state index contributed by atoms with van der Waals surface area (Å²) in [6.07, 6.45) is 55.9. The van der Waals surface area contributed by atoms with E-state index in [0.717, 1.165) is 96.3 Å². The molecule has 12 N–H and O–H groups in total. The van der Waals surface area contributed by atoms with Crippen molar-refractivity contribution in [1.29, 1.82) is 0 Å². The van der Waals surface area contributed by atoms with Crippen molar-refractivity contribution in [3.05, 3.63) is 109 Å². The van der Waals surface area contributed by atoms with Gasteiger partial charge in [0.2, 0.25) is 5.91 Å². The Balaban J connectivity index is 1.41. The van der Waals surface area contributed by atoms with E-state index in [1.807, 2.05) is 0 Å². The fourth-order valence-corrected chi connectivity index (χ4v) is 12.6. The maximum Gasteiger partial charge on any atom is 0.220 e. The van der Waals surface area contributed by atoms with Gasteiger partial charge >= 0.3 is 0 Å². The lowest BCUT2D eigenvalue weighted by molar-refractivity contribution is -0.379. The number of nitrogens with one attached hydrogen (secondary N) is 1. The van der Waals surface area contributed by atoms with Crippen molar-refractivity contribution in [2.24, 2.45) is 0 Å². The third-order valence-electron chi connectivity index (χ3n) is 18.9. The number of unbranched alkanes of at least 4 members (excludes halogenated alkanes) is 26. The molecule has 3 aliphatic rings. The number of rotatable bonds is 60. The molecule has 3 fully saturated rings. The Morgan fingerprint density at radius 2 is 0.690 bits per heavy atom.